The summed E-state index contributed by atoms with van der Waals surface area (Å²) < 4.78 is 5.22. The van der Waals surface area contributed by atoms with Gasteiger partial charge in [-0.05, 0) is 45.1 Å². The summed E-state index contributed by atoms with van der Waals surface area (Å²) in [5.41, 5.74) is 0. The summed E-state index contributed by atoms with van der Waals surface area (Å²) in [6.45, 7) is 6.00. The summed E-state index contributed by atoms with van der Waals surface area (Å²) in [5.74, 6) is 2.17. The van der Waals surface area contributed by atoms with E-state index in [1.54, 1.807) is 13.4 Å². The maximum atomic E-state index is 12.8. The highest BCUT2D eigenvalue weighted by Crippen LogP contribution is 2.27. The lowest BCUT2D eigenvalue weighted by atomic mass is 9.93. The number of anilines is 1. The Hall–Kier alpha value is -1.89. The van der Waals surface area contributed by atoms with E-state index in [1.165, 1.54) is 12.8 Å². The fourth-order valence-corrected chi connectivity index (χ4v) is 4.81. The molecule has 3 fully saturated rings. The van der Waals surface area contributed by atoms with Crippen LogP contribution in [0.25, 0.3) is 0 Å². The Balaban J connectivity index is 1.31. The number of methoxy groups -OCH3 is 1. The van der Waals surface area contributed by atoms with Gasteiger partial charge in [0.15, 0.2) is 0 Å². The van der Waals surface area contributed by atoms with Gasteiger partial charge in [-0.25, -0.2) is 9.97 Å². The lowest BCUT2D eigenvalue weighted by molar-refractivity contribution is -0.136. The van der Waals surface area contributed by atoms with Crippen LogP contribution in [0.5, 0.6) is 5.88 Å². The van der Waals surface area contributed by atoms with E-state index in [0.717, 1.165) is 70.8 Å². The second-order valence-corrected chi connectivity index (χ2v) is 8.00. The third-order valence-electron chi connectivity index (χ3n) is 6.36. The molecule has 1 aromatic rings. The first-order valence-corrected chi connectivity index (χ1v) is 10.4. The molecule has 3 aliphatic rings. The summed E-state index contributed by atoms with van der Waals surface area (Å²) in [7, 11) is 1.63. The van der Waals surface area contributed by atoms with Gasteiger partial charge in [-0.2, -0.15) is 0 Å². The summed E-state index contributed by atoms with van der Waals surface area (Å²) in [6, 6.07) is 2.49. The predicted octanol–water partition coefficient (Wildman–Crippen LogP) is 1.79. The van der Waals surface area contributed by atoms with Crippen molar-refractivity contribution in [1.82, 2.24) is 19.8 Å². The van der Waals surface area contributed by atoms with E-state index in [0.29, 0.717) is 17.8 Å². The van der Waals surface area contributed by atoms with Gasteiger partial charge >= 0.3 is 0 Å². The molecule has 4 heterocycles. The Morgan fingerprint density at radius 1 is 1.04 bits per heavy atom. The minimum Gasteiger partial charge on any atom is -0.481 e. The van der Waals surface area contributed by atoms with Crippen molar-refractivity contribution in [2.45, 2.75) is 44.6 Å². The van der Waals surface area contributed by atoms with E-state index < -0.39 is 0 Å². The molecule has 7 nitrogen and oxygen atoms in total. The number of ether oxygens (including phenoxy) is 1. The smallest absolute Gasteiger partial charge is 0.226 e. The number of likely N-dealkylation sites (tertiary alicyclic amines) is 2. The third kappa shape index (κ3) is 4.18. The molecule has 3 saturated heterocycles. The molecule has 0 saturated carbocycles. The van der Waals surface area contributed by atoms with Crippen LogP contribution in [0.1, 0.15) is 38.5 Å². The van der Waals surface area contributed by atoms with Crippen molar-refractivity contribution in [3.05, 3.63) is 12.4 Å². The minimum atomic E-state index is 0.209. The lowest BCUT2D eigenvalue weighted by Gasteiger charge is -2.42. The maximum Gasteiger partial charge on any atom is 0.226 e. The van der Waals surface area contributed by atoms with Crippen LogP contribution in [-0.4, -0.2) is 78.1 Å². The first-order chi connectivity index (χ1) is 13.2. The van der Waals surface area contributed by atoms with Crippen molar-refractivity contribution in [2.75, 3.05) is 51.3 Å². The fourth-order valence-electron chi connectivity index (χ4n) is 4.81. The molecule has 1 atom stereocenters. The number of nitrogens with zero attached hydrogens (tertiary/aromatic N) is 5. The summed E-state index contributed by atoms with van der Waals surface area (Å²) in [4.78, 5) is 28.3. The molecular formula is C20H31N5O2. The molecule has 0 aromatic carbocycles. The largest absolute Gasteiger partial charge is 0.481 e. The van der Waals surface area contributed by atoms with Gasteiger partial charge in [0.2, 0.25) is 11.8 Å². The number of amides is 1. The van der Waals surface area contributed by atoms with E-state index in [2.05, 4.69) is 24.7 Å². The Kier molecular flexibility index (Phi) is 5.76. The van der Waals surface area contributed by atoms with Crippen LogP contribution >= 0.6 is 0 Å². The van der Waals surface area contributed by atoms with E-state index in [4.69, 9.17) is 4.74 Å². The number of carbonyl (C=O) groups is 1. The van der Waals surface area contributed by atoms with Crippen LogP contribution in [0, 0.1) is 5.92 Å². The highest BCUT2D eigenvalue weighted by Gasteiger charge is 2.34. The zero-order valence-electron chi connectivity index (χ0n) is 16.3. The standard InChI is InChI=1S/C20H31N5O2/c1-27-19-13-18(21-15-22-19)23-11-6-17(7-12-23)25-10-4-5-16(14-25)20(26)24-8-2-3-9-24/h13,15-17H,2-12,14H2,1H3. The molecule has 0 bridgehead atoms. The number of piperidine rings is 2. The van der Waals surface area contributed by atoms with Gasteiger partial charge in [-0.1, -0.05) is 0 Å². The van der Waals surface area contributed by atoms with Crippen LogP contribution in [0.3, 0.4) is 0 Å². The van der Waals surface area contributed by atoms with Crippen molar-refractivity contribution >= 4 is 11.7 Å². The van der Waals surface area contributed by atoms with Crippen LogP contribution in [0.15, 0.2) is 12.4 Å². The highest BCUT2D eigenvalue weighted by atomic mass is 16.5. The van der Waals surface area contributed by atoms with Crippen LogP contribution in [0.2, 0.25) is 0 Å². The first kappa shape index (κ1) is 18.5. The Morgan fingerprint density at radius 3 is 2.56 bits per heavy atom. The van der Waals surface area contributed by atoms with Crippen molar-refractivity contribution in [3.8, 4) is 5.88 Å². The van der Waals surface area contributed by atoms with Crippen molar-refractivity contribution < 1.29 is 9.53 Å². The SMILES string of the molecule is COc1cc(N2CCC(N3CCCC(C(=O)N4CCCC4)C3)CC2)ncn1. The molecule has 0 spiro atoms. The predicted molar refractivity (Wildman–Crippen MR) is 104 cm³/mol. The molecule has 0 N–H and O–H groups in total. The monoisotopic (exact) mass is 373 g/mol. The van der Waals surface area contributed by atoms with Crippen molar-refractivity contribution in [3.63, 3.8) is 0 Å². The van der Waals surface area contributed by atoms with Crippen LogP contribution in [0.4, 0.5) is 5.82 Å². The Morgan fingerprint density at radius 2 is 1.81 bits per heavy atom. The van der Waals surface area contributed by atoms with Crippen LogP contribution in [-0.2, 0) is 4.79 Å². The van der Waals surface area contributed by atoms with Crippen molar-refractivity contribution in [2.24, 2.45) is 5.92 Å². The molecule has 27 heavy (non-hydrogen) atoms. The molecule has 1 unspecified atom stereocenters. The van der Waals surface area contributed by atoms with Gasteiger partial charge in [0, 0.05) is 44.8 Å². The van der Waals surface area contributed by atoms with Gasteiger partial charge < -0.3 is 14.5 Å². The molecule has 0 aliphatic carbocycles. The molecule has 3 aliphatic heterocycles. The van der Waals surface area contributed by atoms with Gasteiger partial charge in [-0.3, -0.25) is 9.69 Å². The Labute approximate surface area is 161 Å². The van der Waals surface area contributed by atoms with Gasteiger partial charge in [0.05, 0.1) is 13.0 Å². The zero-order chi connectivity index (χ0) is 18.6. The summed E-state index contributed by atoms with van der Waals surface area (Å²) in [6.07, 6.45) is 8.37. The molecule has 0 radical (unpaired) electrons. The lowest BCUT2D eigenvalue weighted by Crippen LogP contribution is -2.51. The number of carbonyl (C=O) groups excluding carboxylic acids is 1. The van der Waals surface area contributed by atoms with E-state index in [1.807, 2.05) is 6.07 Å². The topological polar surface area (TPSA) is 61.8 Å². The molecule has 1 aromatic heterocycles. The molecule has 148 valence electrons. The second-order valence-electron chi connectivity index (χ2n) is 8.00. The Bertz CT molecular complexity index is 641. The fraction of sp³-hybridized carbons (Fsp3) is 0.750. The molecule has 4 rings (SSSR count). The number of rotatable bonds is 4. The van der Waals surface area contributed by atoms with E-state index in [-0.39, 0.29) is 5.92 Å². The average Bonchev–Trinajstić information content (AvgIpc) is 3.28. The van der Waals surface area contributed by atoms with Gasteiger partial charge in [0.25, 0.3) is 0 Å². The maximum absolute atomic E-state index is 12.8. The van der Waals surface area contributed by atoms with Gasteiger partial charge in [0.1, 0.15) is 12.1 Å². The second kappa shape index (κ2) is 8.42. The quantitative estimate of drug-likeness (QED) is 0.802. The zero-order valence-corrected chi connectivity index (χ0v) is 16.3. The van der Waals surface area contributed by atoms with Gasteiger partial charge in [-0.15, -0.1) is 0 Å². The van der Waals surface area contributed by atoms with E-state index >= 15 is 0 Å². The third-order valence-corrected chi connectivity index (χ3v) is 6.36. The average molecular weight is 374 g/mol. The minimum absolute atomic E-state index is 0.209. The molecular weight excluding hydrogens is 342 g/mol. The first-order valence-electron chi connectivity index (χ1n) is 10.4. The number of aromatic nitrogens is 2. The highest BCUT2D eigenvalue weighted by molar-refractivity contribution is 5.79. The molecule has 7 heteroatoms. The summed E-state index contributed by atoms with van der Waals surface area (Å²) in [5, 5.41) is 0. The normalized spacial score (nSPS) is 25.0. The van der Waals surface area contributed by atoms with Crippen LogP contribution < -0.4 is 9.64 Å². The number of hydrogen-bond acceptors (Lipinski definition) is 6. The van der Waals surface area contributed by atoms with Crippen molar-refractivity contribution in [1.29, 1.82) is 0 Å². The van der Waals surface area contributed by atoms with E-state index in [9.17, 15) is 4.79 Å². The molecule has 1 amide bonds. The number of hydrogen-bond donors (Lipinski definition) is 0. The summed E-state index contributed by atoms with van der Waals surface area (Å²) >= 11 is 0.